The van der Waals surface area contributed by atoms with E-state index in [9.17, 15) is 9.59 Å². The minimum atomic E-state index is -0.508. The van der Waals surface area contributed by atoms with E-state index in [2.05, 4.69) is 25.7 Å². The third-order valence-corrected chi connectivity index (χ3v) is 2.75. The van der Waals surface area contributed by atoms with E-state index in [-0.39, 0.29) is 23.8 Å². The summed E-state index contributed by atoms with van der Waals surface area (Å²) in [6, 6.07) is 1.85. The van der Waals surface area contributed by atoms with Crippen LogP contribution in [0.5, 0.6) is 0 Å². The van der Waals surface area contributed by atoms with Gasteiger partial charge in [-0.25, -0.2) is 9.50 Å². The minimum absolute atomic E-state index is 0.00948. The van der Waals surface area contributed by atoms with Crippen molar-refractivity contribution in [3.8, 4) is 0 Å². The second-order valence-electron chi connectivity index (χ2n) is 6.17. The van der Waals surface area contributed by atoms with Crippen LogP contribution in [-0.2, 0) is 4.79 Å². The van der Waals surface area contributed by atoms with Crippen molar-refractivity contribution in [2.45, 2.75) is 40.2 Å². The highest BCUT2D eigenvalue weighted by molar-refractivity contribution is 5.93. The summed E-state index contributed by atoms with van der Waals surface area (Å²) in [6.45, 7) is 9.18. The fourth-order valence-electron chi connectivity index (χ4n) is 1.96. The van der Waals surface area contributed by atoms with Crippen molar-refractivity contribution < 1.29 is 9.59 Å². The van der Waals surface area contributed by atoms with Crippen LogP contribution in [0, 0.1) is 13.8 Å². The van der Waals surface area contributed by atoms with E-state index in [0.717, 1.165) is 11.4 Å². The molecule has 0 fully saturated rings. The predicted octanol–water partition coefficient (Wildman–Crippen LogP) is 0.386. The summed E-state index contributed by atoms with van der Waals surface area (Å²) in [7, 11) is 0. The summed E-state index contributed by atoms with van der Waals surface area (Å²) in [5.74, 6) is -0.423. The van der Waals surface area contributed by atoms with Gasteiger partial charge in [0.2, 0.25) is 11.7 Å². The van der Waals surface area contributed by atoms with Gasteiger partial charge in [-0.15, -0.1) is 5.10 Å². The smallest absolute Gasteiger partial charge is 0.291 e. The fraction of sp³-hybridized carbons (Fsp3) is 0.500. The predicted molar refractivity (Wildman–Crippen MR) is 80.5 cm³/mol. The molecule has 2 rings (SSSR count). The number of carbonyl (C=O) groups is 2. The van der Waals surface area contributed by atoms with Crippen LogP contribution in [0.2, 0.25) is 0 Å². The van der Waals surface area contributed by atoms with Crippen LogP contribution in [0.4, 0.5) is 0 Å². The monoisotopic (exact) mass is 304 g/mol. The molecule has 0 bridgehead atoms. The molecule has 118 valence electrons. The molecule has 0 unspecified atom stereocenters. The number of carbonyl (C=O) groups excluding carboxylic acids is 2. The Bertz CT molecular complexity index is 729. The lowest BCUT2D eigenvalue weighted by Gasteiger charge is -2.20. The van der Waals surface area contributed by atoms with E-state index in [1.54, 1.807) is 0 Å². The van der Waals surface area contributed by atoms with Crippen molar-refractivity contribution in [3.63, 3.8) is 0 Å². The Kier molecular flexibility index (Phi) is 4.11. The molecule has 22 heavy (non-hydrogen) atoms. The zero-order valence-electron chi connectivity index (χ0n) is 13.4. The molecule has 0 aromatic carbocycles. The van der Waals surface area contributed by atoms with Gasteiger partial charge >= 0.3 is 0 Å². The normalized spacial score (nSPS) is 11.5. The van der Waals surface area contributed by atoms with Gasteiger partial charge in [0.05, 0.1) is 6.54 Å². The zero-order valence-corrected chi connectivity index (χ0v) is 13.4. The van der Waals surface area contributed by atoms with Crippen LogP contribution in [0.15, 0.2) is 6.07 Å². The van der Waals surface area contributed by atoms with E-state index in [4.69, 9.17) is 0 Å². The molecular weight excluding hydrogens is 284 g/mol. The molecule has 2 amide bonds. The second kappa shape index (κ2) is 5.70. The second-order valence-corrected chi connectivity index (χ2v) is 6.17. The van der Waals surface area contributed by atoms with Crippen LogP contribution in [0.1, 0.15) is 42.8 Å². The first-order valence-corrected chi connectivity index (χ1v) is 6.96. The number of amides is 2. The Morgan fingerprint density at radius 3 is 2.55 bits per heavy atom. The van der Waals surface area contributed by atoms with Crippen molar-refractivity contribution >= 4 is 17.6 Å². The van der Waals surface area contributed by atoms with Gasteiger partial charge in [0.25, 0.3) is 11.7 Å². The number of nitrogens with one attached hydrogen (secondary N) is 2. The average Bonchev–Trinajstić information content (AvgIpc) is 2.78. The summed E-state index contributed by atoms with van der Waals surface area (Å²) >= 11 is 0. The molecule has 0 saturated carbocycles. The van der Waals surface area contributed by atoms with Crippen LogP contribution < -0.4 is 10.6 Å². The highest BCUT2D eigenvalue weighted by atomic mass is 16.2. The summed E-state index contributed by atoms with van der Waals surface area (Å²) in [5.41, 5.74) is 1.29. The van der Waals surface area contributed by atoms with Crippen molar-refractivity contribution in [1.29, 1.82) is 0 Å². The van der Waals surface area contributed by atoms with Crippen LogP contribution >= 0.6 is 0 Å². The summed E-state index contributed by atoms with van der Waals surface area (Å²) < 4.78 is 1.50. The summed E-state index contributed by atoms with van der Waals surface area (Å²) in [5, 5.41) is 9.36. The SMILES string of the molecule is Cc1cc(C)n2nc(C(=O)NCC(=O)NC(C)(C)C)nc2n1. The van der Waals surface area contributed by atoms with Gasteiger partial charge in [-0.1, -0.05) is 0 Å². The Hall–Kier alpha value is -2.51. The third-order valence-electron chi connectivity index (χ3n) is 2.75. The maximum Gasteiger partial charge on any atom is 0.291 e. The molecule has 2 aromatic heterocycles. The highest BCUT2D eigenvalue weighted by Gasteiger charge is 2.18. The van der Waals surface area contributed by atoms with Crippen molar-refractivity contribution in [3.05, 3.63) is 23.3 Å². The number of aryl methyl sites for hydroxylation is 2. The standard InChI is InChI=1S/C14H20N6O2/c1-8-6-9(2)20-13(16-8)17-11(19-20)12(22)15-7-10(21)18-14(3,4)5/h6H,7H2,1-5H3,(H,15,22)(H,18,21). The number of hydrogen-bond donors (Lipinski definition) is 2. The van der Waals surface area contributed by atoms with Crippen LogP contribution in [0.3, 0.4) is 0 Å². The lowest BCUT2D eigenvalue weighted by Crippen LogP contribution is -2.46. The van der Waals surface area contributed by atoms with E-state index in [0.29, 0.717) is 5.78 Å². The molecule has 0 aliphatic carbocycles. The van der Waals surface area contributed by atoms with Crippen molar-refractivity contribution in [2.24, 2.45) is 0 Å². The van der Waals surface area contributed by atoms with E-state index in [1.807, 2.05) is 40.7 Å². The van der Waals surface area contributed by atoms with Crippen LogP contribution in [0.25, 0.3) is 5.78 Å². The van der Waals surface area contributed by atoms with Gasteiger partial charge in [0.1, 0.15) is 0 Å². The first-order chi connectivity index (χ1) is 10.2. The molecule has 0 spiro atoms. The maximum atomic E-state index is 12.0. The first-order valence-electron chi connectivity index (χ1n) is 6.96. The molecule has 2 heterocycles. The Morgan fingerprint density at radius 1 is 1.23 bits per heavy atom. The van der Waals surface area contributed by atoms with Gasteiger partial charge in [-0.2, -0.15) is 4.98 Å². The molecule has 0 radical (unpaired) electrons. The molecule has 2 aromatic rings. The molecule has 2 N–H and O–H groups in total. The number of nitrogens with zero attached hydrogens (tertiary/aromatic N) is 4. The van der Waals surface area contributed by atoms with Gasteiger partial charge in [-0.3, -0.25) is 9.59 Å². The number of rotatable bonds is 3. The molecule has 8 nitrogen and oxygen atoms in total. The Balaban J connectivity index is 2.07. The van der Waals surface area contributed by atoms with Gasteiger partial charge in [-0.05, 0) is 40.7 Å². The van der Waals surface area contributed by atoms with Gasteiger partial charge < -0.3 is 10.6 Å². The zero-order chi connectivity index (χ0) is 16.5. The van der Waals surface area contributed by atoms with Crippen LogP contribution in [-0.4, -0.2) is 43.5 Å². The molecule has 0 atom stereocenters. The van der Waals surface area contributed by atoms with E-state index >= 15 is 0 Å². The molecule has 0 aliphatic rings. The first kappa shape index (κ1) is 15.9. The largest absolute Gasteiger partial charge is 0.350 e. The Labute approximate surface area is 128 Å². The minimum Gasteiger partial charge on any atom is -0.350 e. The highest BCUT2D eigenvalue weighted by Crippen LogP contribution is 2.05. The molecule has 0 aliphatic heterocycles. The molecule has 0 saturated heterocycles. The average molecular weight is 304 g/mol. The van der Waals surface area contributed by atoms with Gasteiger partial charge in [0.15, 0.2) is 0 Å². The number of aromatic nitrogens is 4. The summed E-state index contributed by atoms with van der Waals surface area (Å²) in [6.07, 6.45) is 0. The van der Waals surface area contributed by atoms with Gasteiger partial charge in [0, 0.05) is 16.9 Å². The number of hydrogen-bond acceptors (Lipinski definition) is 5. The van der Waals surface area contributed by atoms with Crippen molar-refractivity contribution in [2.75, 3.05) is 6.54 Å². The van der Waals surface area contributed by atoms with E-state index < -0.39 is 5.91 Å². The third kappa shape index (κ3) is 3.78. The summed E-state index contributed by atoms with van der Waals surface area (Å²) in [4.78, 5) is 32.0. The van der Waals surface area contributed by atoms with Crippen molar-refractivity contribution in [1.82, 2.24) is 30.2 Å². The fourth-order valence-corrected chi connectivity index (χ4v) is 1.96. The lowest BCUT2D eigenvalue weighted by molar-refractivity contribution is -0.121. The molecule has 8 heteroatoms. The lowest BCUT2D eigenvalue weighted by atomic mass is 10.1. The topological polar surface area (TPSA) is 101 Å². The Morgan fingerprint density at radius 2 is 1.91 bits per heavy atom. The van der Waals surface area contributed by atoms with E-state index in [1.165, 1.54) is 4.52 Å². The number of fused-ring (bicyclic) bond motifs is 1. The quantitative estimate of drug-likeness (QED) is 0.854. The maximum absolute atomic E-state index is 12.0. The molecular formula is C14H20N6O2.